The van der Waals surface area contributed by atoms with Crippen molar-refractivity contribution in [3.8, 4) is 34.1 Å². The highest BCUT2D eigenvalue weighted by molar-refractivity contribution is 5.84. The first-order chi connectivity index (χ1) is 18.5. The summed E-state index contributed by atoms with van der Waals surface area (Å²) in [5, 5.41) is 0. The number of ether oxygens (including phenoxy) is 2. The van der Waals surface area contributed by atoms with Crippen molar-refractivity contribution >= 4 is 16.7 Å². The Bertz CT molecular complexity index is 1490. The average Bonchev–Trinajstić information content (AvgIpc) is 3.66. The molecular formula is C31H35N5O2. The van der Waals surface area contributed by atoms with Crippen LogP contribution >= 0.6 is 0 Å². The zero-order valence-electron chi connectivity index (χ0n) is 22.6. The maximum Gasteiger partial charge on any atom is 0.161 e. The summed E-state index contributed by atoms with van der Waals surface area (Å²) in [6.45, 7) is 9.40. The van der Waals surface area contributed by atoms with Crippen molar-refractivity contribution in [1.82, 2.24) is 19.4 Å². The smallest absolute Gasteiger partial charge is 0.161 e. The minimum Gasteiger partial charge on any atom is -0.493 e. The molecule has 1 spiro atoms. The Balaban J connectivity index is 1.16. The number of benzene rings is 2. The Morgan fingerprint density at radius 3 is 2.24 bits per heavy atom. The molecule has 1 aliphatic carbocycles. The van der Waals surface area contributed by atoms with Crippen LogP contribution in [-0.2, 0) is 0 Å². The fourth-order valence-electron chi connectivity index (χ4n) is 6.21. The number of likely N-dealkylation sites (tertiary alicyclic amines) is 1. The van der Waals surface area contributed by atoms with Gasteiger partial charge in [-0.05, 0) is 63.1 Å². The summed E-state index contributed by atoms with van der Waals surface area (Å²) in [6.07, 6.45) is 4.26. The number of imidazole rings is 1. The van der Waals surface area contributed by atoms with Crippen LogP contribution in [0.4, 0.5) is 5.69 Å². The molecule has 1 saturated carbocycles. The third-order valence-electron chi connectivity index (χ3n) is 8.52. The standard InChI is InChI=1S/C31H35N5O2/c1-20(2)34-16-31(17-34)18-35(19-31)23-8-5-21(6-9-23)25-14-27-26(15-32-25)33-30(36(27)24-10-11-24)22-7-12-28(37-3)29(13-22)38-4/h5-9,12-15,20,24H,10-11,16-19H2,1-4H3. The zero-order chi connectivity index (χ0) is 26.0. The second-order valence-electron chi connectivity index (χ2n) is 11.6. The molecule has 4 heterocycles. The van der Waals surface area contributed by atoms with E-state index >= 15 is 0 Å². The van der Waals surface area contributed by atoms with Gasteiger partial charge >= 0.3 is 0 Å². The van der Waals surface area contributed by atoms with E-state index in [1.54, 1.807) is 14.2 Å². The van der Waals surface area contributed by atoms with E-state index in [1.165, 1.54) is 44.7 Å². The first-order valence-electron chi connectivity index (χ1n) is 13.7. The van der Waals surface area contributed by atoms with Crippen LogP contribution in [0.3, 0.4) is 0 Å². The number of aromatic nitrogens is 3. The van der Waals surface area contributed by atoms with Crippen molar-refractivity contribution < 1.29 is 9.47 Å². The first kappa shape index (κ1) is 23.5. The molecule has 3 aliphatic rings. The van der Waals surface area contributed by atoms with Gasteiger partial charge in [0.25, 0.3) is 0 Å². The van der Waals surface area contributed by atoms with Crippen LogP contribution < -0.4 is 14.4 Å². The molecule has 7 nitrogen and oxygen atoms in total. The fraction of sp³-hybridized carbons (Fsp3) is 0.419. The second-order valence-corrected chi connectivity index (χ2v) is 11.6. The van der Waals surface area contributed by atoms with E-state index in [-0.39, 0.29) is 0 Å². The summed E-state index contributed by atoms with van der Waals surface area (Å²) in [6, 6.07) is 18.3. The molecule has 2 aromatic heterocycles. The van der Waals surface area contributed by atoms with Crippen molar-refractivity contribution in [1.29, 1.82) is 0 Å². The molecule has 7 heteroatoms. The summed E-state index contributed by atoms with van der Waals surface area (Å²) in [4.78, 5) is 14.9. The third-order valence-corrected chi connectivity index (χ3v) is 8.52. The number of nitrogens with zero attached hydrogens (tertiary/aromatic N) is 5. The molecule has 2 aliphatic heterocycles. The van der Waals surface area contributed by atoms with E-state index in [0.29, 0.717) is 23.2 Å². The van der Waals surface area contributed by atoms with Crippen molar-refractivity contribution in [2.45, 2.75) is 38.8 Å². The molecule has 38 heavy (non-hydrogen) atoms. The summed E-state index contributed by atoms with van der Waals surface area (Å²) in [5.41, 5.74) is 7.02. The Morgan fingerprint density at radius 2 is 1.58 bits per heavy atom. The van der Waals surface area contributed by atoms with Crippen LogP contribution in [0.25, 0.3) is 33.7 Å². The third kappa shape index (κ3) is 3.83. The molecule has 2 aromatic carbocycles. The molecule has 2 saturated heterocycles. The minimum absolute atomic E-state index is 0.470. The molecule has 0 amide bonds. The number of fused-ring (bicyclic) bond motifs is 1. The van der Waals surface area contributed by atoms with Gasteiger partial charge in [-0.2, -0.15) is 0 Å². The molecule has 7 rings (SSSR count). The number of hydrogen-bond acceptors (Lipinski definition) is 6. The van der Waals surface area contributed by atoms with E-state index in [0.717, 1.165) is 39.4 Å². The van der Waals surface area contributed by atoms with Gasteiger partial charge in [0.1, 0.15) is 11.3 Å². The zero-order valence-corrected chi connectivity index (χ0v) is 22.6. The van der Waals surface area contributed by atoms with E-state index in [1.807, 2.05) is 18.3 Å². The van der Waals surface area contributed by atoms with Gasteiger partial charge < -0.3 is 18.9 Å². The minimum atomic E-state index is 0.470. The maximum absolute atomic E-state index is 5.56. The summed E-state index contributed by atoms with van der Waals surface area (Å²) >= 11 is 0. The molecule has 3 fully saturated rings. The molecule has 0 radical (unpaired) electrons. The monoisotopic (exact) mass is 509 g/mol. The number of methoxy groups -OCH3 is 2. The Hall–Kier alpha value is -3.58. The van der Waals surface area contributed by atoms with Crippen molar-refractivity contribution in [2.24, 2.45) is 5.41 Å². The molecule has 0 bridgehead atoms. The molecule has 4 aromatic rings. The van der Waals surface area contributed by atoms with Crippen molar-refractivity contribution in [2.75, 3.05) is 45.3 Å². The second kappa shape index (κ2) is 8.73. The number of rotatable bonds is 7. The van der Waals surface area contributed by atoms with E-state index < -0.39 is 0 Å². The lowest BCUT2D eigenvalue weighted by Gasteiger charge is -2.62. The van der Waals surface area contributed by atoms with E-state index in [9.17, 15) is 0 Å². The lowest BCUT2D eigenvalue weighted by atomic mass is 9.72. The SMILES string of the molecule is COc1ccc(-c2nc3cnc(-c4ccc(N5CC6(C5)CN(C(C)C)C6)cc4)cc3n2C2CC2)cc1OC. The molecule has 196 valence electrons. The average molecular weight is 510 g/mol. The highest BCUT2D eigenvalue weighted by atomic mass is 16.5. The predicted octanol–water partition coefficient (Wildman–Crippen LogP) is 5.65. The predicted molar refractivity (Wildman–Crippen MR) is 151 cm³/mol. The lowest BCUT2D eigenvalue weighted by molar-refractivity contribution is -0.0411. The Morgan fingerprint density at radius 1 is 0.868 bits per heavy atom. The normalized spacial score (nSPS) is 18.6. The summed E-state index contributed by atoms with van der Waals surface area (Å²) in [5.74, 6) is 2.38. The van der Waals surface area contributed by atoms with Crippen LogP contribution in [0.1, 0.15) is 32.7 Å². The van der Waals surface area contributed by atoms with Gasteiger partial charge in [-0.1, -0.05) is 12.1 Å². The Labute approximate surface area is 224 Å². The topological polar surface area (TPSA) is 55.7 Å². The van der Waals surface area contributed by atoms with E-state index in [2.05, 4.69) is 64.6 Å². The van der Waals surface area contributed by atoms with Crippen LogP contribution in [0, 0.1) is 5.41 Å². The Kier molecular flexibility index (Phi) is 5.41. The quantitative estimate of drug-likeness (QED) is 0.321. The van der Waals surface area contributed by atoms with Gasteiger partial charge in [0.05, 0.1) is 31.6 Å². The molecule has 0 atom stereocenters. The van der Waals surface area contributed by atoms with Crippen LogP contribution in [0.15, 0.2) is 54.7 Å². The summed E-state index contributed by atoms with van der Waals surface area (Å²) in [7, 11) is 3.33. The number of anilines is 1. The van der Waals surface area contributed by atoms with E-state index in [4.69, 9.17) is 19.4 Å². The maximum atomic E-state index is 5.56. The van der Waals surface area contributed by atoms with Gasteiger partial charge in [0.2, 0.25) is 0 Å². The largest absolute Gasteiger partial charge is 0.493 e. The number of hydrogen-bond donors (Lipinski definition) is 0. The first-order valence-corrected chi connectivity index (χ1v) is 13.7. The van der Waals surface area contributed by atoms with Gasteiger partial charge in [0, 0.05) is 60.5 Å². The number of pyridine rings is 1. The fourth-order valence-corrected chi connectivity index (χ4v) is 6.21. The molecule has 0 N–H and O–H groups in total. The lowest BCUT2D eigenvalue weighted by Crippen LogP contribution is -2.73. The van der Waals surface area contributed by atoms with Crippen molar-refractivity contribution in [3.05, 3.63) is 54.7 Å². The highest BCUT2D eigenvalue weighted by Crippen LogP contribution is 2.44. The van der Waals surface area contributed by atoms with Crippen molar-refractivity contribution in [3.63, 3.8) is 0 Å². The highest BCUT2D eigenvalue weighted by Gasteiger charge is 2.52. The van der Waals surface area contributed by atoms with Gasteiger partial charge in [-0.15, -0.1) is 0 Å². The van der Waals surface area contributed by atoms with Gasteiger partial charge in [-0.25, -0.2) is 4.98 Å². The van der Waals surface area contributed by atoms with Gasteiger partial charge in [0.15, 0.2) is 11.5 Å². The van der Waals surface area contributed by atoms with Gasteiger partial charge in [-0.3, -0.25) is 9.88 Å². The van der Waals surface area contributed by atoms with Crippen LogP contribution in [0.5, 0.6) is 11.5 Å². The summed E-state index contributed by atoms with van der Waals surface area (Å²) < 4.78 is 13.4. The molecule has 0 unspecified atom stereocenters. The molecular weight excluding hydrogens is 474 g/mol. The van der Waals surface area contributed by atoms with Crippen LogP contribution in [-0.4, -0.2) is 65.9 Å². The van der Waals surface area contributed by atoms with Crippen LogP contribution in [0.2, 0.25) is 0 Å².